The molecule has 1 saturated carbocycles. The van der Waals surface area contributed by atoms with Crippen LogP contribution in [0.15, 0.2) is 29.2 Å². The van der Waals surface area contributed by atoms with Crippen LogP contribution in [0.3, 0.4) is 0 Å². The fourth-order valence-electron chi connectivity index (χ4n) is 2.93. The molecule has 0 spiro atoms. The lowest BCUT2D eigenvalue weighted by Crippen LogP contribution is -2.30. The topological polar surface area (TPSA) is 54.4 Å². The van der Waals surface area contributed by atoms with Gasteiger partial charge in [-0.25, -0.2) is 8.42 Å². The van der Waals surface area contributed by atoms with Crippen LogP contribution in [0, 0.1) is 5.92 Å². The second-order valence-electron chi connectivity index (χ2n) is 5.60. The molecule has 1 aliphatic carbocycles. The third kappa shape index (κ3) is 3.77. The van der Waals surface area contributed by atoms with Crippen LogP contribution >= 0.6 is 11.8 Å². The molecule has 20 heavy (non-hydrogen) atoms. The Bertz CT molecular complexity index is 537. The van der Waals surface area contributed by atoms with Crippen LogP contribution in [0.1, 0.15) is 37.4 Å². The average Bonchev–Trinajstić information content (AvgIpc) is 2.46. The number of aliphatic hydroxyl groups is 1. The highest BCUT2D eigenvalue weighted by molar-refractivity contribution is 7.98. The van der Waals surface area contributed by atoms with Gasteiger partial charge in [-0.1, -0.05) is 18.6 Å². The van der Waals surface area contributed by atoms with Crippen molar-refractivity contribution >= 4 is 21.6 Å². The fourth-order valence-corrected chi connectivity index (χ4v) is 4.53. The zero-order valence-corrected chi connectivity index (χ0v) is 13.6. The van der Waals surface area contributed by atoms with Crippen molar-refractivity contribution in [1.82, 2.24) is 0 Å². The molecule has 0 radical (unpaired) electrons. The maximum Gasteiger partial charge on any atom is 0.150 e. The largest absolute Gasteiger partial charge is 0.388 e. The lowest BCUT2D eigenvalue weighted by Gasteiger charge is -2.31. The monoisotopic (exact) mass is 314 g/mol. The van der Waals surface area contributed by atoms with Crippen molar-refractivity contribution in [2.24, 2.45) is 5.92 Å². The fraction of sp³-hybridized carbons (Fsp3) is 0.600. The summed E-state index contributed by atoms with van der Waals surface area (Å²) in [7, 11) is -3.00. The number of hydrogen-bond acceptors (Lipinski definition) is 4. The quantitative estimate of drug-likeness (QED) is 0.868. The maximum atomic E-state index is 11.7. The molecule has 3 atom stereocenters. The van der Waals surface area contributed by atoms with Gasteiger partial charge in [0.25, 0.3) is 0 Å². The number of aliphatic hydroxyl groups excluding tert-OH is 1. The molecule has 5 heteroatoms. The predicted molar refractivity (Wildman–Crippen MR) is 83.8 cm³/mol. The van der Waals surface area contributed by atoms with Gasteiger partial charge < -0.3 is 5.11 Å². The number of hydrogen-bond donors (Lipinski definition) is 1. The van der Waals surface area contributed by atoms with Gasteiger partial charge in [0.1, 0.15) is 9.84 Å². The summed E-state index contributed by atoms with van der Waals surface area (Å²) < 4.78 is 23.4. The van der Waals surface area contributed by atoms with Crippen molar-refractivity contribution in [2.45, 2.75) is 41.9 Å². The van der Waals surface area contributed by atoms with Crippen molar-refractivity contribution in [3.05, 3.63) is 29.8 Å². The maximum absolute atomic E-state index is 11.7. The molecular formula is C15H22O3S2. The molecule has 0 bridgehead atoms. The molecular weight excluding hydrogens is 292 g/mol. The van der Waals surface area contributed by atoms with Gasteiger partial charge in [0.2, 0.25) is 0 Å². The Kier molecular flexibility index (Phi) is 5.15. The summed E-state index contributed by atoms with van der Waals surface area (Å²) in [6, 6.07) is 7.89. The predicted octanol–water partition coefficient (Wildman–Crippen LogP) is 3.05. The summed E-state index contributed by atoms with van der Waals surface area (Å²) in [6.45, 7) is 0. The first-order valence-corrected chi connectivity index (χ1v) is 10.1. The average molecular weight is 314 g/mol. The summed E-state index contributed by atoms with van der Waals surface area (Å²) in [4.78, 5) is 1.17. The number of rotatable bonds is 4. The van der Waals surface area contributed by atoms with Crippen LogP contribution in [0.25, 0.3) is 0 Å². The second-order valence-corrected chi connectivity index (χ2v) is 8.80. The van der Waals surface area contributed by atoms with Crippen LogP contribution in [-0.4, -0.2) is 31.3 Å². The van der Waals surface area contributed by atoms with Crippen molar-refractivity contribution in [3.8, 4) is 0 Å². The highest BCUT2D eigenvalue weighted by Gasteiger charge is 2.32. The van der Waals surface area contributed by atoms with Crippen LogP contribution in [-0.2, 0) is 9.84 Å². The molecule has 1 aliphatic rings. The zero-order chi connectivity index (χ0) is 14.8. The lowest BCUT2D eigenvalue weighted by atomic mass is 9.82. The van der Waals surface area contributed by atoms with Crippen molar-refractivity contribution in [1.29, 1.82) is 0 Å². The van der Waals surface area contributed by atoms with Crippen LogP contribution < -0.4 is 0 Å². The molecule has 3 unspecified atom stereocenters. The van der Waals surface area contributed by atoms with E-state index < -0.39 is 15.9 Å². The Hall–Kier alpha value is -0.520. The van der Waals surface area contributed by atoms with E-state index in [2.05, 4.69) is 0 Å². The highest BCUT2D eigenvalue weighted by Crippen LogP contribution is 2.37. The van der Waals surface area contributed by atoms with E-state index in [4.69, 9.17) is 0 Å². The van der Waals surface area contributed by atoms with Gasteiger partial charge in [-0.15, -0.1) is 11.8 Å². The van der Waals surface area contributed by atoms with Gasteiger partial charge in [0.05, 0.1) is 11.4 Å². The van der Waals surface area contributed by atoms with Gasteiger partial charge in [0, 0.05) is 11.2 Å². The van der Waals surface area contributed by atoms with Crippen molar-refractivity contribution in [2.75, 3.05) is 12.5 Å². The van der Waals surface area contributed by atoms with E-state index in [0.29, 0.717) is 6.42 Å². The highest BCUT2D eigenvalue weighted by atomic mass is 32.2. The second kappa shape index (κ2) is 6.50. The summed E-state index contributed by atoms with van der Waals surface area (Å²) in [5.41, 5.74) is 0.891. The summed E-state index contributed by atoms with van der Waals surface area (Å²) in [5, 5.41) is 10.2. The molecule has 0 aromatic heterocycles. The van der Waals surface area contributed by atoms with E-state index >= 15 is 0 Å². The minimum atomic E-state index is -3.00. The number of sulfone groups is 1. The van der Waals surface area contributed by atoms with Crippen molar-refractivity contribution in [3.63, 3.8) is 0 Å². The van der Waals surface area contributed by atoms with Gasteiger partial charge in [0.15, 0.2) is 0 Å². The van der Waals surface area contributed by atoms with E-state index in [1.54, 1.807) is 11.8 Å². The number of benzene rings is 1. The van der Waals surface area contributed by atoms with Gasteiger partial charge >= 0.3 is 0 Å². The van der Waals surface area contributed by atoms with E-state index in [1.807, 2.05) is 30.5 Å². The summed E-state index contributed by atoms with van der Waals surface area (Å²) >= 11 is 1.67. The first-order chi connectivity index (χ1) is 9.41. The normalized spacial score (nSPS) is 25.4. The SMILES string of the molecule is CSc1ccc(C(O)C2CCCC(S(C)(=O)=O)C2)cc1. The molecule has 0 saturated heterocycles. The molecule has 1 aromatic rings. The molecule has 0 aliphatic heterocycles. The molecule has 0 amide bonds. The molecule has 1 aromatic carbocycles. The Morgan fingerprint density at radius 3 is 2.45 bits per heavy atom. The third-order valence-electron chi connectivity index (χ3n) is 4.18. The van der Waals surface area contributed by atoms with E-state index in [9.17, 15) is 13.5 Å². The molecule has 2 rings (SSSR count). The van der Waals surface area contributed by atoms with E-state index in [1.165, 1.54) is 11.2 Å². The smallest absolute Gasteiger partial charge is 0.150 e. The first kappa shape index (κ1) is 15.9. The molecule has 3 nitrogen and oxygen atoms in total. The Morgan fingerprint density at radius 2 is 1.90 bits per heavy atom. The Morgan fingerprint density at radius 1 is 1.25 bits per heavy atom. The van der Waals surface area contributed by atoms with Gasteiger partial charge in [-0.05, 0) is 49.1 Å². The Labute approximate surface area is 125 Å². The van der Waals surface area contributed by atoms with Crippen LogP contribution in [0.2, 0.25) is 0 Å². The molecule has 112 valence electrons. The molecule has 1 fully saturated rings. The van der Waals surface area contributed by atoms with Gasteiger partial charge in [-0.3, -0.25) is 0 Å². The third-order valence-corrected chi connectivity index (χ3v) is 6.56. The summed E-state index contributed by atoms with van der Waals surface area (Å²) in [5.74, 6) is 0.0450. The van der Waals surface area contributed by atoms with Crippen LogP contribution in [0.4, 0.5) is 0 Å². The standard InChI is InChI=1S/C15H22O3S2/c1-19-13-8-6-11(7-9-13)15(16)12-4-3-5-14(10-12)20(2,17)18/h6-9,12,14-16H,3-5,10H2,1-2H3. The zero-order valence-electron chi connectivity index (χ0n) is 12.0. The van der Waals surface area contributed by atoms with E-state index in [0.717, 1.165) is 24.8 Å². The molecule has 1 N–H and O–H groups in total. The number of thioether (sulfide) groups is 1. The van der Waals surface area contributed by atoms with Crippen LogP contribution in [0.5, 0.6) is 0 Å². The minimum Gasteiger partial charge on any atom is -0.388 e. The first-order valence-electron chi connectivity index (χ1n) is 6.92. The van der Waals surface area contributed by atoms with Crippen molar-refractivity contribution < 1.29 is 13.5 Å². The minimum absolute atomic E-state index is 0.0450. The lowest BCUT2D eigenvalue weighted by molar-refractivity contribution is 0.0857. The summed E-state index contributed by atoms with van der Waals surface area (Å²) in [6.07, 6.45) is 5.84. The Balaban J connectivity index is 2.09. The van der Waals surface area contributed by atoms with Gasteiger partial charge in [-0.2, -0.15) is 0 Å². The van der Waals surface area contributed by atoms with E-state index in [-0.39, 0.29) is 11.2 Å². The molecule has 0 heterocycles.